The Balaban J connectivity index is 2.53. The highest BCUT2D eigenvalue weighted by Crippen LogP contribution is 2.37. The number of benzene rings is 2. The van der Waals surface area contributed by atoms with E-state index in [4.69, 9.17) is 27.9 Å². The summed E-state index contributed by atoms with van der Waals surface area (Å²) in [7, 11) is 0. The minimum absolute atomic E-state index is 0.0245. The predicted molar refractivity (Wildman–Crippen MR) is 78.4 cm³/mol. The maximum absolute atomic E-state index is 13.3. The maximum atomic E-state index is 13.3. The third kappa shape index (κ3) is 2.94. The Morgan fingerprint density at radius 3 is 2.60 bits per heavy atom. The zero-order chi connectivity index (χ0) is 14.7. The predicted octanol–water partition coefficient (Wildman–Crippen LogP) is 5.01. The van der Waals surface area contributed by atoms with E-state index in [0.717, 1.165) is 0 Å². The summed E-state index contributed by atoms with van der Waals surface area (Å²) < 4.78 is 18.7. The Labute approximate surface area is 126 Å². The lowest BCUT2D eigenvalue weighted by molar-refractivity contribution is 0.112. The van der Waals surface area contributed by atoms with E-state index in [2.05, 4.69) is 0 Å². The quantitative estimate of drug-likeness (QED) is 0.742. The summed E-state index contributed by atoms with van der Waals surface area (Å²) in [5.74, 6) is -0.0856. The molecule has 0 saturated heterocycles. The number of halogens is 3. The SMILES string of the molecule is CCOc1cc(Cl)c(-c2ccc(F)c(C=O)c2)cc1Cl. The van der Waals surface area contributed by atoms with Gasteiger partial charge in [-0.15, -0.1) is 0 Å². The van der Waals surface area contributed by atoms with Crippen LogP contribution in [-0.4, -0.2) is 12.9 Å². The summed E-state index contributed by atoms with van der Waals surface area (Å²) >= 11 is 12.3. The molecule has 2 aromatic carbocycles. The van der Waals surface area contributed by atoms with Crippen molar-refractivity contribution in [1.82, 2.24) is 0 Å². The van der Waals surface area contributed by atoms with Crippen LogP contribution in [0, 0.1) is 5.82 Å². The number of hydrogen-bond acceptors (Lipinski definition) is 2. The second-order valence-electron chi connectivity index (χ2n) is 4.05. The maximum Gasteiger partial charge on any atom is 0.153 e. The van der Waals surface area contributed by atoms with Gasteiger partial charge in [-0.1, -0.05) is 29.3 Å². The molecule has 0 aromatic heterocycles. The van der Waals surface area contributed by atoms with Crippen LogP contribution in [0.15, 0.2) is 30.3 Å². The standard InChI is InChI=1S/C15H11Cl2FO2/c1-2-20-15-7-12(16)11(6-13(15)17)9-3-4-14(18)10(5-9)8-19/h3-8H,2H2,1H3. The van der Waals surface area contributed by atoms with Gasteiger partial charge in [0.25, 0.3) is 0 Å². The van der Waals surface area contributed by atoms with Crippen molar-refractivity contribution in [2.24, 2.45) is 0 Å². The zero-order valence-corrected chi connectivity index (χ0v) is 12.1. The fraction of sp³-hybridized carbons (Fsp3) is 0.133. The van der Waals surface area contributed by atoms with E-state index in [-0.39, 0.29) is 5.56 Å². The topological polar surface area (TPSA) is 26.3 Å². The van der Waals surface area contributed by atoms with E-state index in [0.29, 0.717) is 39.8 Å². The smallest absolute Gasteiger partial charge is 0.153 e. The van der Waals surface area contributed by atoms with Gasteiger partial charge in [0, 0.05) is 11.6 Å². The molecule has 0 aliphatic carbocycles. The molecule has 104 valence electrons. The number of aldehydes is 1. The fourth-order valence-corrected chi connectivity index (χ4v) is 2.30. The molecule has 2 aromatic rings. The third-order valence-electron chi connectivity index (χ3n) is 2.76. The minimum Gasteiger partial charge on any atom is -0.492 e. The molecule has 0 aliphatic rings. The summed E-state index contributed by atoms with van der Waals surface area (Å²) in [6.45, 7) is 2.32. The highest BCUT2D eigenvalue weighted by Gasteiger charge is 2.12. The van der Waals surface area contributed by atoms with E-state index in [1.807, 2.05) is 6.92 Å². The normalized spacial score (nSPS) is 10.4. The van der Waals surface area contributed by atoms with Crippen molar-refractivity contribution in [3.05, 3.63) is 51.8 Å². The number of carbonyl (C=O) groups excluding carboxylic acids is 1. The number of rotatable bonds is 4. The van der Waals surface area contributed by atoms with E-state index in [9.17, 15) is 9.18 Å². The largest absolute Gasteiger partial charge is 0.492 e. The van der Waals surface area contributed by atoms with E-state index in [1.165, 1.54) is 12.1 Å². The Hall–Kier alpha value is -1.58. The Bertz CT molecular complexity index is 657. The van der Waals surface area contributed by atoms with Crippen molar-refractivity contribution in [3.8, 4) is 16.9 Å². The molecule has 5 heteroatoms. The average molecular weight is 313 g/mol. The van der Waals surface area contributed by atoms with Crippen LogP contribution in [0.2, 0.25) is 10.0 Å². The number of hydrogen-bond donors (Lipinski definition) is 0. The molecule has 0 heterocycles. The summed E-state index contributed by atoms with van der Waals surface area (Å²) in [5.41, 5.74) is 1.20. The van der Waals surface area contributed by atoms with Gasteiger partial charge in [0.15, 0.2) is 6.29 Å². The van der Waals surface area contributed by atoms with Crippen LogP contribution in [0.25, 0.3) is 11.1 Å². The molecular formula is C15H11Cl2FO2. The fourth-order valence-electron chi connectivity index (χ4n) is 1.82. The summed E-state index contributed by atoms with van der Waals surface area (Å²) in [4.78, 5) is 10.8. The van der Waals surface area contributed by atoms with Gasteiger partial charge in [0.05, 0.1) is 22.2 Å². The van der Waals surface area contributed by atoms with Crippen LogP contribution in [0.3, 0.4) is 0 Å². The second-order valence-corrected chi connectivity index (χ2v) is 4.86. The lowest BCUT2D eigenvalue weighted by Gasteiger charge is -2.11. The molecule has 0 aliphatic heterocycles. The molecule has 0 radical (unpaired) electrons. The molecule has 0 N–H and O–H groups in total. The first-order valence-corrected chi connectivity index (χ1v) is 6.69. The van der Waals surface area contributed by atoms with Crippen LogP contribution in [-0.2, 0) is 0 Å². The first-order chi connectivity index (χ1) is 9.56. The second kappa shape index (κ2) is 6.25. The average Bonchev–Trinajstić information content (AvgIpc) is 2.43. The van der Waals surface area contributed by atoms with Crippen molar-refractivity contribution < 1.29 is 13.9 Å². The van der Waals surface area contributed by atoms with E-state index in [1.54, 1.807) is 18.2 Å². The van der Waals surface area contributed by atoms with Crippen LogP contribution in [0.5, 0.6) is 5.75 Å². The molecule has 0 saturated carbocycles. The van der Waals surface area contributed by atoms with Gasteiger partial charge in [-0.3, -0.25) is 4.79 Å². The number of ether oxygens (including phenoxy) is 1. The molecule has 0 spiro atoms. The van der Waals surface area contributed by atoms with Gasteiger partial charge in [0.1, 0.15) is 11.6 Å². The molecule has 0 atom stereocenters. The lowest BCUT2D eigenvalue weighted by Crippen LogP contribution is -1.94. The minimum atomic E-state index is -0.572. The molecule has 2 rings (SSSR count). The van der Waals surface area contributed by atoms with Gasteiger partial charge in [-0.05, 0) is 30.7 Å². The van der Waals surface area contributed by atoms with Gasteiger partial charge >= 0.3 is 0 Å². The highest BCUT2D eigenvalue weighted by atomic mass is 35.5. The van der Waals surface area contributed by atoms with Gasteiger partial charge in [-0.2, -0.15) is 0 Å². The lowest BCUT2D eigenvalue weighted by atomic mass is 10.0. The molecule has 0 fully saturated rings. The summed E-state index contributed by atoms with van der Waals surface area (Å²) in [6.07, 6.45) is 0.461. The van der Waals surface area contributed by atoms with Crippen molar-refractivity contribution in [1.29, 1.82) is 0 Å². The van der Waals surface area contributed by atoms with Crippen molar-refractivity contribution in [2.45, 2.75) is 6.92 Å². The molecular weight excluding hydrogens is 302 g/mol. The number of carbonyl (C=O) groups is 1. The van der Waals surface area contributed by atoms with E-state index < -0.39 is 5.82 Å². The Morgan fingerprint density at radius 2 is 1.95 bits per heavy atom. The third-order valence-corrected chi connectivity index (χ3v) is 3.36. The van der Waals surface area contributed by atoms with Crippen LogP contribution in [0.4, 0.5) is 4.39 Å². The van der Waals surface area contributed by atoms with Crippen molar-refractivity contribution >= 4 is 29.5 Å². The van der Waals surface area contributed by atoms with Crippen molar-refractivity contribution in [2.75, 3.05) is 6.61 Å². The molecule has 0 amide bonds. The van der Waals surface area contributed by atoms with Crippen LogP contribution >= 0.6 is 23.2 Å². The Kier molecular flexibility index (Phi) is 4.63. The first-order valence-electron chi connectivity index (χ1n) is 5.93. The monoisotopic (exact) mass is 312 g/mol. The van der Waals surface area contributed by atoms with Crippen LogP contribution < -0.4 is 4.74 Å². The van der Waals surface area contributed by atoms with Gasteiger partial charge in [-0.25, -0.2) is 4.39 Å². The molecule has 20 heavy (non-hydrogen) atoms. The summed E-state index contributed by atoms with van der Waals surface area (Å²) in [5, 5.41) is 0.824. The Morgan fingerprint density at radius 1 is 1.20 bits per heavy atom. The van der Waals surface area contributed by atoms with Gasteiger partial charge < -0.3 is 4.74 Å². The first kappa shape index (κ1) is 14.8. The molecule has 0 unspecified atom stereocenters. The summed E-state index contributed by atoms with van der Waals surface area (Å²) in [6, 6.07) is 7.43. The van der Waals surface area contributed by atoms with E-state index >= 15 is 0 Å². The van der Waals surface area contributed by atoms with Crippen molar-refractivity contribution in [3.63, 3.8) is 0 Å². The highest BCUT2D eigenvalue weighted by molar-refractivity contribution is 6.36. The molecule has 0 bridgehead atoms. The zero-order valence-electron chi connectivity index (χ0n) is 10.6. The van der Waals surface area contributed by atoms with Crippen LogP contribution in [0.1, 0.15) is 17.3 Å². The molecule has 2 nitrogen and oxygen atoms in total. The van der Waals surface area contributed by atoms with Gasteiger partial charge in [0.2, 0.25) is 0 Å².